The van der Waals surface area contributed by atoms with Crippen molar-refractivity contribution in [3.8, 4) is 0 Å². The minimum absolute atomic E-state index is 0.199. The van der Waals surface area contributed by atoms with E-state index in [2.05, 4.69) is 24.4 Å². The van der Waals surface area contributed by atoms with Gasteiger partial charge in [0.25, 0.3) is 0 Å². The van der Waals surface area contributed by atoms with E-state index in [1.807, 2.05) is 0 Å². The normalized spacial score (nSPS) is 11.1. The maximum Gasteiger partial charge on any atom is 0.304 e. The van der Waals surface area contributed by atoms with Crippen LogP contribution in [0.25, 0.3) is 0 Å². The third kappa shape index (κ3) is 13.2. The van der Waals surface area contributed by atoms with E-state index in [9.17, 15) is 4.79 Å². The van der Waals surface area contributed by atoms with Gasteiger partial charge in [-0.15, -0.1) is 0 Å². The lowest BCUT2D eigenvalue weighted by atomic mass is 10.1. The summed E-state index contributed by atoms with van der Waals surface area (Å²) in [6.45, 7) is 3.56. The van der Waals surface area contributed by atoms with Crippen LogP contribution in [0.4, 0.5) is 0 Å². The molecule has 0 spiro atoms. The van der Waals surface area contributed by atoms with E-state index in [0.29, 0.717) is 6.54 Å². The second-order valence-corrected chi connectivity index (χ2v) is 4.02. The average molecular weight is 227 g/mol. The van der Waals surface area contributed by atoms with Gasteiger partial charge in [0.1, 0.15) is 0 Å². The SMILES string of the molecule is CCCCCCCC=CCNCCC(=O)O. The largest absolute Gasteiger partial charge is 0.481 e. The molecule has 94 valence electrons. The number of hydrogen-bond donors (Lipinski definition) is 2. The fourth-order valence-electron chi connectivity index (χ4n) is 1.45. The number of carbonyl (C=O) groups is 1. The second kappa shape index (κ2) is 12.2. The summed E-state index contributed by atoms with van der Waals surface area (Å²) < 4.78 is 0. The van der Waals surface area contributed by atoms with Gasteiger partial charge >= 0.3 is 5.97 Å². The molecule has 0 bridgehead atoms. The molecule has 0 aliphatic heterocycles. The smallest absolute Gasteiger partial charge is 0.304 e. The minimum atomic E-state index is -0.743. The van der Waals surface area contributed by atoms with Crippen LogP contribution in [0.3, 0.4) is 0 Å². The molecule has 0 saturated carbocycles. The number of aliphatic carboxylic acids is 1. The minimum Gasteiger partial charge on any atom is -0.481 e. The lowest BCUT2D eigenvalue weighted by molar-refractivity contribution is -0.136. The Morgan fingerprint density at radius 2 is 1.94 bits per heavy atom. The van der Waals surface area contributed by atoms with Crippen molar-refractivity contribution in [2.75, 3.05) is 13.1 Å². The van der Waals surface area contributed by atoms with E-state index in [0.717, 1.165) is 13.0 Å². The quantitative estimate of drug-likeness (QED) is 0.421. The number of hydrogen-bond acceptors (Lipinski definition) is 2. The zero-order valence-corrected chi connectivity index (χ0v) is 10.4. The molecule has 0 unspecified atom stereocenters. The van der Waals surface area contributed by atoms with Crippen molar-refractivity contribution in [1.29, 1.82) is 0 Å². The van der Waals surface area contributed by atoms with Crippen molar-refractivity contribution in [2.45, 2.75) is 51.9 Å². The first kappa shape index (κ1) is 15.2. The lowest BCUT2D eigenvalue weighted by Crippen LogP contribution is -2.17. The summed E-state index contributed by atoms with van der Waals surface area (Å²) in [4.78, 5) is 10.2. The molecule has 2 N–H and O–H groups in total. The molecular formula is C13H25NO2. The Bertz CT molecular complexity index is 190. The first-order valence-electron chi connectivity index (χ1n) is 6.35. The highest BCUT2D eigenvalue weighted by Crippen LogP contribution is 2.04. The van der Waals surface area contributed by atoms with E-state index in [1.165, 1.54) is 32.1 Å². The molecule has 0 saturated heterocycles. The Morgan fingerprint density at radius 3 is 2.62 bits per heavy atom. The van der Waals surface area contributed by atoms with Crippen molar-refractivity contribution in [2.24, 2.45) is 0 Å². The molecule has 0 aromatic heterocycles. The number of rotatable bonds is 11. The number of carboxylic acids is 1. The molecule has 0 amide bonds. The van der Waals surface area contributed by atoms with E-state index < -0.39 is 5.97 Å². The summed E-state index contributed by atoms with van der Waals surface area (Å²) >= 11 is 0. The summed E-state index contributed by atoms with van der Waals surface area (Å²) in [6, 6.07) is 0. The predicted octanol–water partition coefficient (Wildman–Crippen LogP) is 2.97. The maximum atomic E-state index is 10.2. The molecule has 16 heavy (non-hydrogen) atoms. The molecule has 0 aromatic rings. The Labute approximate surface area is 98.9 Å². The average Bonchev–Trinajstić information content (AvgIpc) is 2.25. The molecule has 0 aliphatic rings. The fraction of sp³-hybridized carbons (Fsp3) is 0.769. The van der Waals surface area contributed by atoms with Crippen LogP contribution in [0.2, 0.25) is 0 Å². The van der Waals surface area contributed by atoms with Crippen molar-refractivity contribution in [3.05, 3.63) is 12.2 Å². The molecule has 0 aromatic carbocycles. The third-order valence-electron chi connectivity index (χ3n) is 2.42. The van der Waals surface area contributed by atoms with Crippen LogP contribution in [-0.4, -0.2) is 24.2 Å². The second-order valence-electron chi connectivity index (χ2n) is 4.02. The van der Waals surface area contributed by atoms with Crippen molar-refractivity contribution in [3.63, 3.8) is 0 Å². The Morgan fingerprint density at radius 1 is 1.19 bits per heavy atom. The van der Waals surface area contributed by atoms with Crippen molar-refractivity contribution < 1.29 is 9.90 Å². The molecule has 0 fully saturated rings. The number of unbranched alkanes of at least 4 members (excludes halogenated alkanes) is 5. The zero-order chi connectivity index (χ0) is 12.1. The van der Waals surface area contributed by atoms with Crippen molar-refractivity contribution >= 4 is 5.97 Å². The van der Waals surface area contributed by atoms with Crippen LogP contribution in [0, 0.1) is 0 Å². The van der Waals surface area contributed by atoms with Gasteiger partial charge in [0, 0.05) is 13.1 Å². The predicted molar refractivity (Wildman–Crippen MR) is 67.6 cm³/mol. The van der Waals surface area contributed by atoms with Crippen molar-refractivity contribution in [1.82, 2.24) is 5.32 Å². The molecule has 0 radical (unpaired) electrons. The Balaban J connectivity index is 3.07. The van der Waals surface area contributed by atoms with Gasteiger partial charge in [-0.2, -0.15) is 0 Å². The van der Waals surface area contributed by atoms with E-state index in [4.69, 9.17) is 5.11 Å². The van der Waals surface area contributed by atoms with Gasteiger partial charge in [-0.3, -0.25) is 4.79 Å². The number of carboxylic acid groups (broad SMARTS) is 1. The summed E-state index contributed by atoms with van der Waals surface area (Å²) in [6.07, 6.45) is 12.2. The highest BCUT2D eigenvalue weighted by atomic mass is 16.4. The van der Waals surface area contributed by atoms with E-state index >= 15 is 0 Å². The zero-order valence-electron chi connectivity index (χ0n) is 10.4. The Hall–Kier alpha value is -0.830. The Kier molecular flexibility index (Phi) is 11.6. The highest BCUT2D eigenvalue weighted by molar-refractivity contribution is 5.66. The van der Waals surface area contributed by atoms with E-state index in [1.54, 1.807) is 0 Å². The van der Waals surface area contributed by atoms with E-state index in [-0.39, 0.29) is 6.42 Å². The van der Waals surface area contributed by atoms with Crippen LogP contribution >= 0.6 is 0 Å². The van der Waals surface area contributed by atoms with Gasteiger partial charge in [-0.05, 0) is 12.8 Å². The standard InChI is InChI=1S/C13H25NO2/c1-2-3-4-5-6-7-8-9-11-14-12-10-13(15)16/h8-9,14H,2-7,10-12H2,1H3,(H,15,16). The third-order valence-corrected chi connectivity index (χ3v) is 2.42. The van der Waals surface area contributed by atoms with Crippen LogP contribution in [0.5, 0.6) is 0 Å². The summed E-state index contributed by atoms with van der Waals surface area (Å²) in [5, 5.41) is 11.5. The molecule has 0 rings (SSSR count). The number of nitrogens with one attached hydrogen (secondary N) is 1. The number of allylic oxidation sites excluding steroid dienone is 1. The van der Waals surface area contributed by atoms with Gasteiger partial charge in [0.2, 0.25) is 0 Å². The van der Waals surface area contributed by atoms with Gasteiger partial charge in [-0.1, -0.05) is 44.8 Å². The van der Waals surface area contributed by atoms with Crippen LogP contribution in [-0.2, 0) is 4.79 Å². The molecule has 0 heterocycles. The lowest BCUT2D eigenvalue weighted by Gasteiger charge is -1.98. The summed E-state index contributed by atoms with van der Waals surface area (Å²) in [5.41, 5.74) is 0. The maximum absolute atomic E-state index is 10.2. The molecule has 0 atom stereocenters. The van der Waals surface area contributed by atoms with Gasteiger partial charge in [0.05, 0.1) is 6.42 Å². The fourth-order valence-corrected chi connectivity index (χ4v) is 1.45. The highest BCUT2D eigenvalue weighted by Gasteiger charge is 1.93. The molecule has 3 heteroatoms. The molecule has 3 nitrogen and oxygen atoms in total. The van der Waals surface area contributed by atoms with Gasteiger partial charge in [-0.25, -0.2) is 0 Å². The molecular weight excluding hydrogens is 202 g/mol. The van der Waals surface area contributed by atoms with Crippen LogP contribution in [0.1, 0.15) is 51.9 Å². The summed E-state index contributed by atoms with van der Waals surface area (Å²) in [7, 11) is 0. The van der Waals surface area contributed by atoms with Crippen LogP contribution < -0.4 is 5.32 Å². The van der Waals surface area contributed by atoms with Gasteiger partial charge in [0.15, 0.2) is 0 Å². The monoisotopic (exact) mass is 227 g/mol. The first-order chi connectivity index (χ1) is 7.77. The van der Waals surface area contributed by atoms with Gasteiger partial charge < -0.3 is 10.4 Å². The molecule has 0 aliphatic carbocycles. The topological polar surface area (TPSA) is 49.3 Å². The van der Waals surface area contributed by atoms with Crippen LogP contribution in [0.15, 0.2) is 12.2 Å². The first-order valence-corrected chi connectivity index (χ1v) is 6.35. The summed E-state index contributed by atoms with van der Waals surface area (Å²) in [5.74, 6) is -0.743.